The Hall–Kier alpha value is -2.16. The zero-order chi connectivity index (χ0) is 19.2. The van der Waals surface area contributed by atoms with Crippen LogP contribution >= 0.6 is 15.9 Å². The monoisotopic (exact) mass is 438 g/mol. The van der Waals surface area contributed by atoms with Crippen LogP contribution in [0.1, 0.15) is 5.56 Å². The van der Waals surface area contributed by atoms with E-state index in [-0.39, 0.29) is 24.0 Å². The van der Waals surface area contributed by atoms with E-state index >= 15 is 0 Å². The van der Waals surface area contributed by atoms with Crippen LogP contribution in [0.25, 0.3) is 0 Å². The van der Waals surface area contributed by atoms with Crippen molar-refractivity contribution in [3.8, 4) is 5.75 Å². The molecule has 2 rings (SSSR count). The van der Waals surface area contributed by atoms with E-state index in [1.165, 1.54) is 30.3 Å². The van der Waals surface area contributed by atoms with Gasteiger partial charge in [-0.1, -0.05) is 22.0 Å². The molecule has 0 heterocycles. The largest absolute Gasteiger partial charge is 0.484 e. The number of hydrogen-bond acceptors (Lipinski definition) is 4. The summed E-state index contributed by atoms with van der Waals surface area (Å²) in [5.41, 5.74) is 1.48. The molecule has 0 aliphatic carbocycles. The molecule has 26 heavy (non-hydrogen) atoms. The number of carbonyl (C=O) groups excluding carboxylic acids is 1. The fourth-order valence-corrected chi connectivity index (χ4v) is 3.27. The lowest BCUT2D eigenvalue weighted by atomic mass is 10.2. The van der Waals surface area contributed by atoms with Crippen LogP contribution in [0.4, 0.5) is 5.69 Å². The van der Waals surface area contributed by atoms with E-state index in [1.807, 2.05) is 19.1 Å². The average Bonchev–Trinajstić information content (AvgIpc) is 2.61. The molecule has 0 aromatic heterocycles. The van der Waals surface area contributed by atoms with Crippen LogP contribution < -0.4 is 14.8 Å². The van der Waals surface area contributed by atoms with Gasteiger partial charge in [-0.05, 0) is 55.0 Å². The van der Waals surface area contributed by atoms with Crippen molar-refractivity contribution >= 4 is 37.5 Å². The molecule has 8 heteroatoms. The number of carbonyl (C=O) groups is 1. The third kappa shape index (κ3) is 5.69. The second-order valence-corrected chi connectivity index (χ2v) is 8.03. The Kier molecular flexibility index (Phi) is 6.96. The van der Waals surface area contributed by atoms with Gasteiger partial charge in [0.1, 0.15) is 5.75 Å². The lowest BCUT2D eigenvalue weighted by Crippen LogP contribution is -2.23. The lowest BCUT2D eigenvalue weighted by Gasteiger charge is -2.09. The summed E-state index contributed by atoms with van der Waals surface area (Å²) in [7, 11) is -3.58. The predicted molar refractivity (Wildman–Crippen MR) is 105 cm³/mol. The number of sulfonamides is 1. The molecule has 0 radical (unpaired) electrons. The second-order valence-electron chi connectivity index (χ2n) is 5.41. The molecule has 2 aromatic carbocycles. The maximum absolute atomic E-state index is 12.0. The predicted octanol–water partition coefficient (Wildman–Crippen LogP) is 3.24. The summed E-state index contributed by atoms with van der Waals surface area (Å²) in [6, 6.07) is 11.3. The van der Waals surface area contributed by atoms with E-state index in [2.05, 4.69) is 32.5 Å². The summed E-state index contributed by atoms with van der Waals surface area (Å²) in [4.78, 5) is 12.1. The molecule has 6 nitrogen and oxygen atoms in total. The Morgan fingerprint density at radius 1 is 1.23 bits per heavy atom. The van der Waals surface area contributed by atoms with Gasteiger partial charge >= 0.3 is 0 Å². The number of ether oxygens (including phenoxy) is 1. The number of anilines is 1. The lowest BCUT2D eigenvalue weighted by molar-refractivity contribution is -0.118. The Balaban J connectivity index is 1.92. The number of nitrogens with one attached hydrogen (secondary N) is 2. The summed E-state index contributed by atoms with van der Waals surface area (Å²) in [5.74, 6) is 0.251. The number of rotatable bonds is 8. The first-order valence-electron chi connectivity index (χ1n) is 7.71. The second kappa shape index (κ2) is 8.98. The minimum absolute atomic E-state index is 0.110. The first kappa shape index (κ1) is 20.2. The Labute approximate surface area is 161 Å². The summed E-state index contributed by atoms with van der Waals surface area (Å²) in [5, 5.41) is 2.66. The smallest absolute Gasteiger partial charge is 0.262 e. The molecular weight excluding hydrogens is 420 g/mol. The molecule has 1 amide bonds. The molecule has 0 atom stereocenters. The van der Waals surface area contributed by atoms with Crippen LogP contribution in [0.15, 0.2) is 64.5 Å². The van der Waals surface area contributed by atoms with E-state index in [0.717, 1.165) is 10.0 Å². The fourth-order valence-electron chi connectivity index (χ4n) is 2.02. The van der Waals surface area contributed by atoms with Gasteiger partial charge < -0.3 is 10.1 Å². The normalized spacial score (nSPS) is 11.0. The van der Waals surface area contributed by atoms with Crippen LogP contribution in [0, 0.1) is 6.92 Å². The third-order valence-corrected chi connectivity index (χ3v) is 5.69. The molecule has 138 valence electrons. The molecular formula is C18H19BrN2O4S. The van der Waals surface area contributed by atoms with Crippen LogP contribution in [-0.2, 0) is 14.8 Å². The van der Waals surface area contributed by atoms with E-state index < -0.39 is 10.0 Å². The van der Waals surface area contributed by atoms with Crippen molar-refractivity contribution in [1.82, 2.24) is 4.72 Å². The van der Waals surface area contributed by atoms with Gasteiger partial charge in [-0.15, -0.1) is 6.58 Å². The van der Waals surface area contributed by atoms with Crippen LogP contribution in [0.5, 0.6) is 5.75 Å². The molecule has 0 bridgehead atoms. The zero-order valence-electron chi connectivity index (χ0n) is 14.2. The molecule has 0 spiro atoms. The standard InChI is InChI=1S/C18H19BrN2O4S/c1-3-10-20-26(23,24)16-7-4-14(5-8-16)21-18(22)12-25-15-6-9-17(19)13(2)11-15/h3-9,11,20H,1,10,12H2,2H3,(H,21,22). The van der Waals surface area contributed by atoms with Crippen molar-refractivity contribution in [2.24, 2.45) is 0 Å². The van der Waals surface area contributed by atoms with Gasteiger partial charge in [-0.3, -0.25) is 4.79 Å². The molecule has 0 aliphatic heterocycles. The van der Waals surface area contributed by atoms with Gasteiger partial charge in [0.2, 0.25) is 10.0 Å². The van der Waals surface area contributed by atoms with Crippen molar-refractivity contribution in [3.05, 3.63) is 65.2 Å². The van der Waals surface area contributed by atoms with Gasteiger partial charge in [-0.25, -0.2) is 13.1 Å². The van der Waals surface area contributed by atoms with Crippen molar-refractivity contribution < 1.29 is 17.9 Å². The van der Waals surface area contributed by atoms with Crippen molar-refractivity contribution in [2.45, 2.75) is 11.8 Å². The molecule has 0 saturated heterocycles. The molecule has 2 aromatic rings. The van der Waals surface area contributed by atoms with Crippen molar-refractivity contribution in [3.63, 3.8) is 0 Å². The highest BCUT2D eigenvalue weighted by molar-refractivity contribution is 9.10. The third-order valence-electron chi connectivity index (χ3n) is 3.37. The molecule has 2 N–H and O–H groups in total. The van der Waals surface area contributed by atoms with Crippen molar-refractivity contribution in [2.75, 3.05) is 18.5 Å². The Morgan fingerprint density at radius 2 is 1.92 bits per heavy atom. The highest BCUT2D eigenvalue weighted by atomic mass is 79.9. The molecule has 0 saturated carbocycles. The van der Waals surface area contributed by atoms with Crippen LogP contribution in [0.3, 0.4) is 0 Å². The number of benzene rings is 2. The fraction of sp³-hybridized carbons (Fsp3) is 0.167. The summed E-state index contributed by atoms with van der Waals surface area (Å²) in [6.07, 6.45) is 1.46. The maximum Gasteiger partial charge on any atom is 0.262 e. The SMILES string of the molecule is C=CCNS(=O)(=O)c1ccc(NC(=O)COc2ccc(Br)c(C)c2)cc1. The van der Waals surface area contributed by atoms with E-state index in [0.29, 0.717) is 11.4 Å². The highest BCUT2D eigenvalue weighted by Crippen LogP contribution is 2.21. The number of aryl methyl sites for hydroxylation is 1. The average molecular weight is 439 g/mol. The molecule has 0 unspecified atom stereocenters. The van der Waals surface area contributed by atoms with Crippen LogP contribution in [-0.4, -0.2) is 27.5 Å². The minimum Gasteiger partial charge on any atom is -0.484 e. The summed E-state index contributed by atoms with van der Waals surface area (Å²) in [6.45, 7) is 5.39. The summed E-state index contributed by atoms with van der Waals surface area (Å²) < 4.78 is 32.7. The zero-order valence-corrected chi connectivity index (χ0v) is 16.6. The van der Waals surface area contributed by atoms with E-state index in [4.69, 9.17) is 4.74 Å². The Morgan fingerprint density at radius 3 is 2.54 bits per heavy atom. The number of hydrogen-bond donors (Lipinski definition) is 2. The molecule has 0 aliphatic rings. The van der Waals surface area contributed by atoms with Gasteiger partial charge in [0.05, 0.1) is 4.90 Å². The molecule has 0 fully saturated rings. The highest BCUT2D eigenvalue weighted by Gasteiger charge is 2.12. The van der Waals surface area contributed by atoms with Gasteiger partial charge in [-0.2, -0.15) is 0 Å². The quantitative estimate of drug-likeness (QED) is 0.619. The maximum atomic E-state index is 12.0. The number of amides is 1. The first-order valence-corrected chi connectivity index (χ1v) is 9.99. The van der Waals surface area contributed by atoms with E-state index in [1.54, 1.807) is 6.07 Å². The first-order chi connectivity index (χ1) is 12.3. The number of halogens is 1. The Bertz CT molecular complexity index is 896. The minimum atomic E-state index is -3.58. The van der Waals surface area contributed by atoms with Gasteiger partial charge in [0.15, 0.2) is 6.61 Å². The van der Waals surface area contributed by atoms with Crippen LogP contribution in [0.2, 0.25) is 0 Å². The van der Waals surface area contributed by atoms with Crippen molar-refractivity contribution in [1.29, 1.82) is 0 Å². The topological polar surface area (TPSA) is 84.5 Å². The van der Waals surface area contributed by atoms with E-state index in [9.17, 15) is 13.2 Å². The van der Waals surface area contributed by atoms with Gasteiger partial charge in [0, 0.05) is 16.7 Å². The van der Waals surface area contributed by atoms with Gasteiger partial charge in [0.25, 0.3) is 5.91 Å². The summed E-state index contributed by atoms with van der Waals surface area (Å²) >= 11 is 3.40.